The van der Waals surface area contributed by atoms with Crippen molar-refractivity contribution < 1.29 is 14.6 Å². The van der Waals surface area contributed by atoms with Gasteiger partial charge in [0, 0.05) is 4.88 Å². The average Bonchev–Trinajstić information content (AvgIpc) is 2.65. The molecule has 0 radical (unpaired) electrons. The molecule has 0 saturated carbocycles. The molecule has 5 heteroatoms. The van der Waals surface area contributed by atoms with E-state index in [2.05, 4.69) is 15.9 Å². The number of benzene rings is 1. The first-order valence-electron chi connectivity index (χ1n) is 5.21. The summed E-state index contributed by atoms with van der Waals surface area (Å²) in [6, 6.07) is 7.58. The molecule has 0 amide bonds. The Balaban J connectivity index is 2.50. The zero-order chi connectivity index (χ0) is 13.3. The predicted molar refractivity (Wildman–Crippen MR) is 75.7 cm³/mol. The Kier molecular flexibility index (Phi) is 3.73. The number of methoxy groups -OCH3 is 1. The number of hydrogen-bond donors (Lipinski definition) is 1. The second-order valence-corrected chi connectivity index (χ2v) is 6.08. The van der Waals surface area contributed by atoms with Gasteiger partial charge in [-0.2, -0.15) is 0 Å². The number of carboxylic acid groups (broad SMARTS) is 1. The Morgan fingerprint density at radius 3 is 2.39 bits per heavy atom. The van der Waals surface area contributed by atoms with E-state index in [1.807, 2.05) is 31.2 Å². The zero-order valence-corrected chi connectivity index (χ0v) is 12.3. The standard InChI is InChI=1S/C13H11BrO3S/c1-7-10(13(15)16)12(14)18-11(7)8-3-5-9(17-2)6-4-8/h3-6H,1-2H3,(H,15,16). The molecule has 1 N–H and O–H groups in total. The molecule has 2 aromatic rings. The van der Waals surface area contributed by atoms with Crippen molar-refractivity contribution in [3.8, 4) is 16.2 Å². The van der Waals surface area contributed by atoms with Crippen molar-refractivity contribution in [2.75, 3.05) is 7.11 Å². The highest BCUT2D eigenvalue weighted by atomic mass is 79.9. The number of hydrogen-bond acceptors (Lipinski definition) is 3. The van der Waals surface area contributed by atoms with E-state index >= 15 is 0 Å². The molecule has 2 rings (SSSR count). The van der Waals surface area contributed by atoms with Crippen LogP contribution in [0.5, 0.6) is 5.75 Å². The van der Waals surface area contributed by atoms with Gasteiger partial charge in [-0.25, -0.2) is 4.79 Å². The van der Waals surface area contributed by atoms with E-state index in [0.717, 1.165) is 21.8 Å². The van der Waals surface area contributed by atoms with Crippen LogP contribution in [0.25, 0.3) is 10.4 Å². The Hall–Kier alpha value is -1.33. The van der Waals surface area contributed by atoms with Gasteiger partial charge in [0.05, 0.1) is 16.5 Å². The van der Waals surface area contributed by atoms with Crippen molar-refractivity contribution in [1.82, 2.24) is 0 Å². The smallest absolute Gasteiger partial charge is 0.338 e. The summed E-state index contributed by atoms with van der Waals surface area (Å²) < 4.78 is 5.75. The minimum atomic E-state index is -0.907. The first-order chi connectivity index (χ1) is 8.54. The number of halogens is 1. The predicted octanol–water partition coefficient (Wildman–Crippen LogP) is 4.19. The van der Waals surface area contributed by atoms with E-state index in [9.17, 15) is 4.79 Å². The number of thiophene rings is 1. The van der Waals surface area contributed by atoms with Gasteiger partial charge in [0.1, 0.15) is 5.75 Å². The third kappa shape index (κ3) is 2.28. The first-order valence-corrected chi connectivity index (χ1v) is 6.82. The van der Waals surface area contributed by atoms with Gasteiger partial charge in [-0.1, -0.05) is 0 Å². The number of aromatic carboxylic acids is 1. The first kappa shape index (κ1) is 13.1. The van der Waals surface area contributed by atoms with Crippen LogP contribution >= 0.6 is 27.3 Å². The largest absolute Gasteiger partial charge is 0.497 e. The molecular weight excluding hydrogens is 316 g/mol. The number of carboxylic acids is 1. The van der Waals surface area contributed by atoms with Crippen molar-refractivity contribution in [2.24, 2.45) is 0 Å². The van der Waals surface area contributed by atoms with Gasteiger partial charge in [0.15, 0.2) is 0 Å². The molecule has 3 nitrogen and oxygen atoms in total. The van der Waals surface area contributed by atoms with Crippen LogP contribution in [0.15, 0.2) is 28.1 Å². The highest BCUT2D eigenvalue weighted by Gasteiger charge is 2.19. The SMILES string of the molecule is COc1ccc(-c2sc(Br)c(C(=O)O)c2C)cc1. The lowest BCUT2D eigenvalue weighted by atomic mass is 10.1. The Bertz CT molecular complexity index is 587. The second kappa shape index (κ2) is 5.12. The summed E-state index contributed by atoms with van der Waals surface area (Å²) in [6.45, 7) is 1.82. The van der Waals surface area contributed by atoms with Gasteiger partial charge >= 0.3 is 5.97 Å². The van der Waals surface area contributed by atoms with Crippen LogP contribution in [0.2, 0.25) is 0 Å². The molecule has 0 saturated heterocycles. The van der Waals surface area contributed by atoms with Gasteiger partial charge in [-0.3, -0.25) is 0 Å². The summed E-state index contributed by atoms with van der Waals surface area (Å²) in [5.41, 5.74) is 2.11. The Labute approximate surface area is 117 Å². The minimum absolute atomic E-state index is 0.339. The number of rotatable bonds is 3. The molecule has 0 fully saturated rings. The molecule has 0 aliphatic carbocycles. The van der Waals surface area contributed by atoms with Gasteiger partial charge in [-0.15, -0.1) is 11.3 Å². The fourth-order valence-electron chi connectivity index (χ4n) is 1.74. The summed E-state index contributed by atoms with van der Waals surface area (Å²) in [5, 5.41) is 9.15. The topological polar surface area (TPSA) is 46.5 Å². The summed E-state index contributed by atoms with van der Waals surface area (Å²) in [5.74, 6) is -0.124. The lowest BCUT2D eigenvalue weighted by Crippen LogP contribution is -1.97. The van der Waals surface area contributed by atoms with E-state index < -0.39 is 5.97 Å². The number of ether oxygens (including phenoxy) is 1. The van der Waals surface area contributed by atoms with Gasteiger partial charge < -0.3 is 9.84 Å². The zero-order valence-electron chi connectivity index (χ0n) is 9.86. The van der Waals surface area contributed by atoms with E-state index in [1.54, 1.807) is 7.11 Å². The molecule has 0 atom stereocenters. The fraction of sp³-hybridized carbons (Fsp3) is 0.154. The molecule has 18 heavy (non-hydrogen) atoms. The normalized spacial score (nSPS) is 10.4. The molecule has 0 spiro atoms. The van der Waals surface area contributed by atoms with Crippen LogP contribution < -0.4 is 4.74 Å². The van der Waals surface area contributed by atoms with Crippen LogP contribution in [0.4, 0.5) is 0 Å². The summed E-state index contributed by atoms with van der Waals surface area (Å²) >= 11 is 4.74. The van der Waals surface area contributed by atoms with Crippen molar-refractivity contribution in [2.45, 2.75) is 6.92 Å². The lowest BCUT2D eigenvalue weighted by Gasteiger charge is -2.03. The number of carbonyl (C=O) groups is 1. The molecule has 0 aliphatic heterocycles. The second-order valence-electron chi connectivity index (χ2n) is 3.74. The third-order valence-electron chi connectivity index (χ3n) is 2.67. The van der Waals surface area contributed by atoms with Crippen molar-refractivity contribution in [3.05, 3.63) is 39.2 Å². The molecule has 94 valence electrons. The van der Waals surface area contributed by atoms with Crippen molar-refractivity contribution in [3.63, 3.8) is 0 Å². The maximum atomic E-state index is 11.1. The van der Waals surface area contributed by atoms with Gasteiger partial charge in [0.2, 0.25) is 0 Å². The van der Waals surface area contributed by atoms with Gasteiger partial charge in [-0.05, 0) is 58.2 Å². The van der Waals surface area contributed by atoms with Crippen LogP contribution in [0, 0.1) is 6.92 Å². The summed E-state index contributed by atoms with van der Waals surface area (Å²) in [4.78, 5) is 12.1. The third-order valence-corrected chi connectivity index (χ3v) is 4.68. The Morgan fingerprint density at radius 1 is 1.33 bits per heavy atom. The van der Waals surface area contributed by atoms with E-state index in [4.69, 9.17) is 9.84 Å². The molecule has 0 unspecified atom stereocenters. The molecular formula is C13H11BrO3S. The van der Waals surface area contributed by atoms with Crippen molar-refractivity contribution in [1.29, 1.82) is 0 Å². The lowest BCUT2D eigenvalue weighted by molar-refractivity contribution is 0.0696. The van der Waals surface area contributed by atoms with E-state index in [1.165, 1.54) is 11.3 Å². The minimum Gasteiger partial charge on any atom is -0.497 e. The fourth-order valence-corrected chi connectivity index (χ4v) is 3.72. The van der Waals surface area contributed by atoms with Crippen molar-refractivity contribution >= 4 is 33.2 Å². The Morgan fingerprint density at radius 2 is 1.94 bits per heavy atom. The molecule has 0 aliphatic rings. The quantitative estimate of drug-likeness (QED) is 0.919. The molecule has 0 bridgehead atoms. The van der Waals surface area contributed by atoms with Crippen LogP contribution in [0.1, 0.15) is 15.9 Å². The maximum Gasteiger partial charge on any atom is 0.338 e. The van der Waals surface area contributed by atoms with Crippen LogP contribution in [-0.4, -0.2) is 18.2 Å². The summed E-state index contributed by atoms with van der Waals surface area (Å²) in [7, 11) is 1.62. The van der Waals surface area contributed by atoms with Gasteiger partial charge in [0.25, 0.3) is 0 Å². The van der Waals surface area contributed by atoms with E-state index in [0.29, 0.717) is 9.35 Å². The monoisotopic (exact) mass is 326 g/mol. The average molecular weight is 327 g/mol. The van der Waals surface area contributed by atoms with E-state index in [-0.39, 0.29) is 0 Å². The molecule has 1 heterocycles. The van der Waals surface area contributed by atoms with Crippen LogP contribution in [0.3, 0.4) is 0 Å². The maximum absolute atomic E-state index is 11.1. The highest BCUT2D eigenvalue weighted by molar-refractivity contribution is 9.11. The summed E-state index contributed by atoms with van der Waals surface area (Å²) in [6.07, 6.45) is 0. The van der Waals surface area contributed by atoms with Crippen LogP contribution in [-0.2, 0) is 0 Å². The highest BCUT2D eigenvalue weighted by Crippen LogP contribution is 2.39. The molecule has 1 aromatic heterocycles. The molecule has 1 aromatic carbocycles.